The molecule has 0 radical (unpaired) electrons. The van der Waals surface area contributed by atoms with E-state index in [1.807, 2.05) is 53.2 Å². The molecule has 142 valence electrons. The molecule has 0 amide bonds. The molecule has 7 nitrogen and oxygen atoms in total. The number of aromatic nitrogens is 3. The lowest BCUT2D eigenvalue weighted by atomic mass is 10.1. The summed E-state index contributed by atoms with van der Waals surface area (Å²) in [5.74, 6) is 0.830. The highest BCUT2D eigenvalue weighted by atomic mass is 16.4. The Morgan fingerprint density at radius 1 is 1.11 bits per heavy atom. The molecule has 0 spiro atoms. The third-order valence-electron chi connectivity index (χ3n) is 5.11. The van der Waals surface area contributed by atoms with Crippen LogP contribution in [0, 0.1) is 0 Å². The van der Waals surface area contributed by atoms with Gasteiger partial charge in [-0.15, -0.1) is 0 Å². The first kappa shape index (κ1) is 16.9. The highest BCUT2D eigenvalue weighted by Crippen LogP contribution is 2.23. The predicted molar refractivity (Wildman–Crippen MR) is 109 cm³/mol. The molecule has 4 aromatic rings. The fraction of sp³-hybridized carbons (Fsp3) is 0.286. The first-order valence-electron chi connectivity index (χ1n) is 9.47. The maximum Gasteiger partial charge on any atom is 0.347 e. The van der Waals surface area contributed by atoms with Gasteiger partial charge in [0.15, 0.2) is 0 Å². The molecule has 0 bridgehead atoms. The van der Waals surface area contributed by atoms with Crippen molar-refractivity contribution in [2.45, 2.75) is 25.9 Å². The van der Waals surface area contributed by atoms with E-state index in [9.17, 15) is 4.79 Å². The van der Waals surface area contributed by atoms with E-state index >= 15 is 0 Å². The Hall–Kier alpha value is -3.19. The number of hydrogen-bond donors (Lipinski definition) is 1. The zero-order chi connectivity index (χ0) is 19.3. The fourth-order valence-electron chi connectivity index (χ4n) is 3.92. The van der Waals surface area contributed by atoms with Gasteiger partial charge in [-0.2, -0.15) is 4.98 Å². The van der Waals surface area contributed by atoms with Gasteiger partial charge in [0.1, 0.15) is 11.5 Å². The third-order valence-corrected chi connectivity index (χ3v) is 5.11. The topological polar surface area (TPSA) is 75.7 Å². The summed E-state index contributed by atoms with van der Waals surface area (Å²) in [4.78, 5) is 24.0. The second-order valence-electron chi connectivity index (χ2n) is 7.48. The summed E-state index contributed by atoms with van der Waals surface area (Å²) in [5.41, 5.74) is 1.75. The number of pyridine rings is 2. The van der Waals surface area contributed by atoms with Crippen LogP contribution in [-0.2, 0) is 0 Å². The van der Waals surface area contributed by atoms with E-state index < -0.39 is 5.63 Å². The minimum absolute atomic E-state index is 0.355. The van der Waals surface area contributed by atoms with Crippen LogP contribution in [0.5, 0.6) is 0 Å². The lowest BCUT2D eigenvalue weighted by Gasteiger charge is -2.36. The van der Waals surface area contributed by atoms with Crippen molar-refractivity contribution in [1.82, 2.24) is 19.7 Å². The molecule has 1 saturated heterocycles. The SMILES string of the molecule is C[C@@H]1CN(c2ccc3cc(-c4cn5ccccc5n4)c(=O)oc3n2)C[C@H](C)N1. The van der Waals surface area contributed by atoms with E-state index in [2.05, 4.69) is 34.0 Å². The molecule has 2 atom stereocenters. The monoisotopic (exact) mass is 375 g/mol. The van der Waals surface area contributed by atoms with Crippen LogP contribution in [0.3, 0.4) is 0 Å². The average molecular weight is 375 g/mol. The summed E-state index contributed by atoms with van der Waals surface area (Å²) >= 11 is 0. The molecule has 0 saturated carbocycles. The van der Waals surface area contributed by atoms with E-state index in [1.165, 1.54) is 0 Å². The average Bonchev–Trinajstić information content (AvgIpc) is 3.10. The number of nitrogens with zero attached hydrogens (tertiary/aromatic N) is 4. The van der Waals surface area contributed by atoms with Gasteiger partial charge in [-0.25, -0.2) is 9.78 Å². The van der Waals surface area contributed by atoms with Crippen LogP contribution in [0.2, 0.25) is 0 Å². The molecular weight excluding hydrogens is 354 g/mol. The Labute approximate surface area is 161 Å². The van der Waals surface area contributed by atoms with Crippen LogP contribution in [0.25, 0.3) is 28.0 Å². The Bertz CT molecular complexity index is 1190. The van der Waals surface area contributed by atoms with Crippen molar-refractivity contribution in [3.05, 3.63) is 59.2 Å². The summed E-state index contributed by atoms with van der Waals surface area (Å²) in [6.45, 7) is 6.05. The van der Waals surface area contributed by atoms with E-state index in [1.54, 1.807) is 0 Å². The summed E-state index contributed by atoms with van der Waals surface area (Å²) < 4.78 is 7.45. The van der Waals surface area contributed by atoms with Crippen molar-refractivity contribution in [2.24, 2.45) is 0 Å². The maximum absolute atomic E-state index is 12.6. The first-order chi connectivity index (χ1) is 13.6. The van der Waals surface area contributed by atoms with Gasteiger partial charge in [-0.3, -0.25) is 0 Å². The third kappa shape index (κ3) is 2.93. The smallest absolute Gasteiger partial charge is 0.347 e. The molecular formula is C21H21N5O2. The highest BCUT2D eigenvalue weighted by Gasteiger charge is 2.22. The van der Waals surface area contributed by atoms with Crippen LogP contribution in [0.1, 0.15) is 13.8 Å². The van der Waals surface area contributed by atoms with Gasteiger partial charge < -0.3 is 19.0 Å². The van der Waals surface area contributed by atoms with E-state index in [0.29, 0.717) is 29.1 Å². The molecule has 1 fully saturated rings. The van der Waals surface area contributed by atoms with Crippen LogP contribution in [0.4, 0.5) is 5.82 Å². The Morgan fingerprint density at radius 3 is 2.71 bits per heavy atom. The highest BCUT2D eigenvalue weighted by molar-refractivity contribution is 5.80. The number of fused-ring (bicyclic) bond motifs is 2. The van der Waals surface area contributed by atoms with Crippen LogP contribution < -0.4 is 15.8 Å². The van der Waals surface area contributed by atoms with Gasteiger partial charge in [0.05, 0.1) is 11.3 Å². The zero-order valence-electron chi connectivity index (χ0n) is 15.8. The number of nitrogens with one attached hydrogen (secondary N) is 1. The summed E-state index contributed by atoms with van der Waals surface area (Å²) in [7, 11) is 0. The summed E-state index contributed by atoms with van der Waals surface area (Å²) in [5, 5.41) is 4.29. The summed E-state index contributed by atoms with van der Waals surface area (Å²) in [6.07, 6.45) is 3.73. The quantitative estimate of drug-likeness (QED) is 0.581. The van der Waals surface area contributed by atoms with Crippen molar-refractivity contribution in [1.29, 1.82) is 0 Å². The second kappa shape index (κ2) is 6.45. The van der Waals surface area contributed by atoms with Crippen molar-refractivity contribution in [3.8, 4) is 11.3 Å². The molecule has 1 aliphatic rings. The fourth-order valence-corrected chi connectivity index (χ4v) is 3.92. The first-order valence-corrected chi connectivity index (χ1v) is 9.47. The normalized spacial score (nSPS) is 20.1. The Balaban J connectivity index is 1.55. The molecule has 1 N–H and O–H groups in total. The molecule has 28 heavy (non-hydrogen) atoms. The van der Waals surface area contributed by atoms with Gasteiger partial charge >= 0.3 is 5.63 Å². The lowest BCUT2D eigenvalue weighted by molar-refractivity contribution is 0.405. The Morgan fingerprint density at radius 2 is 1.93 bits per heavy atom. The molecule has 7 heteroatoms. The molecule has 5 heterocycles. The molecule has 1 aliphatic heterocycles. The largest absolute Gasteiger partial charge is 0.403 e. The van der Waals surface area contributed by atoms with Crippen LogP contribution >= 0.6 is 0 Å². The van der Waals surface area contributed by atoms with Gasteiger partial charge in [0, 0.05) is 43.0 Å². The van der Waals surface area contributed by atoms with Gasteiger partial charge in [-0.1, -0.05) is 6.07 Å². The predicted octanol–water partition coefficient (Wildman–Crippen LogP) is 2.69. The van der Waals surface area contributed by atoms with E-state index in [0.717, 1.165) is 29.9 Å². The number of imidazole rings is 1. The number of hydrogen-bond acceptors (Lipinski definition) is 6. The van der Waals surface area contributed by atoms with Gasteiger partial charge in [0.25, 0.3) is 0 Å². The zero-order valence-corrected chi connectivity index (χ0v) is 15.8. The second-order valence-corrected chi connectivity index (χ2v) is 7.48. The number of rotatable bonds is 2. The maximum atomic E-state index is 12.6. The van der Waals surface area contributed by atoms with Gasteiger partial charge in [0.2, 0.25) is 5.71 Å². The standard InChI is InChI=1S/C21H21N5O2/c1-13-10-26(11-14(2)22-13)19-7-6-15-9-16(21(27)28-20(15)24-19)17-12-25-8-4-3-5-18(25)23-17/h3-9,12-14,22H,10-11H2,1-2H3/t13-,14+. The Kier molecular flexibility index (Phi) is 3.91. The molecule has 4 aromatic heterocycles. The minimum atomic E-state index is -0.428. The van der Waals surface area contributed by atoms with Crippen molar-refractivity contribution >= 4 is 22.6 Å². The van der Waals surface area contributed by atoms with Crippen molar-refractivity contribution < 1.29 is 4.42 Å². The van der Waals surface area contributed by atoms with Crippen molar-refractivity contribution in [2.75, 3.05) is 18.0 Å². The van der Waals surface area contributed by atoms with E-state index in [4.69, 9.17) is 4.42 Å². The minimum Gasteiger partial charge on any atom is -0.403 e. The van der Waals surface area contributed by atoms with Crippen molar-refractivity contribution in [3.63, 3.8) is 0 Å². The molecule has 5 rings (SSSR count). The summed E-state index contributed by atoms with van der Waals surface area (Å²) in [6, 6.07) is 12.2. The molecule has 0 unspecified atom stereocenters. The number of anilines is 1. The molecule has 0 aromatic carbocycles. The molecule has 0 aliphatic carbocycles. The lowest BCUT2D eigenvalue weighted by Crippen LogP contribution is -2.54. The van der Waals surface area contributed by atoms with Gasteiger partial charge in [-0.05, 0) is 44.2 Å². The van der Waals surface area contributed by atoms with Crippen LogP contribution in [-0.4, -0.2) is 39.5 Å². The van der Waals surface area contributed by atoms with Crippen LogP contribution in [0.15, 0.2) is 58.0 Å². The number of piperazine rings is 1. The van der Waals surface area contributed by atoms with E-state index in [-0.39, 0.29) is 0 Å².